The number of rotatable bonds is 3. The van der Waals surface area contributed by atoms with E-state index >= 15 is 0 Å². The molecule has 0 radical (unpaired) electrons. The van der Waals surface area contributed by atoms with E-state index in [-0.39, 0.29) is 0 Å². The largest absolute Gasteiger partial charge is 0.490 e. The molecule has 0 fully saturated rings. The molecule has 1 aromatic rings. The SMILES string of the molecule is BrCNCc1ccc2c(c1)OCCCO2. The maximum Gasteiger partial charge on any atom is 0.161 e. The second kappa shape index (κ2) is 5.37. The number of benzene rings is 1. The summed E-state index contributed by atoms with van der Waals surface area (Å²) in [4.78, 5) is 0. The molecule has 1 aromatic carbocycles. The average molecular weight is 272 g/mol. The Morgan fingerprint density at radius 1 is 1.20 bits per heavy atom. The average Bonchev–Trinajstić information content (AvgIpc) is 2.50. The highest BCUT2D eigenvalue weighted by atomic mass is 79.9. The number of halogens is 1. The highest BCUT2D eigenvalue weighted by molar-refractivity contribution is 9.09. The van der Waals surface area contributed by atoms with Crippen molar-refractivity contribution >= 4 is 15.9 Å². The predicted octanol–water partition coefficient (Wildman–Crippen LogP) is 2.29. The van der Waals surface area contributed by atoms with E-state index in [1.807, 2.05) is 12.1 Å². The lowest BCUT2D eigenvalue weighted by atomic mass is 10.2. The van der Waals surface area contributed by atoms with Crippen LogP contribution in [-0.4, -0.2) is 18.7 Å². The fraction of sp³-hybridized carbons (Fsp3) is 0.455. The van der Waals surface area contributed by atoms with Crippen molar-refractivity contribution in [3.8, 4) is 11.5 Å². The molecule has 82 valence electrons. The maximum absolute atomic E-state index is 5.60. The van der Waals surface area contributed by atoms with Gasteiger partial charge >= 0.3 is 0 Å². The molecule has 0 aliphatic carbocycles. The van der Waals surface area contributed by atoms with Crippen LogP contribution in [0.1, 0.15) is 12.0 Å². The molecule has 0 amide bonds. The Morgan fingerprint density at radius 2 is 2.00 bits per heavy atom. The number of hydrogen-bond donors (Lipinski definition) is 1. The zero-order valence-electron chi connectivity index (χ0n) is 8.46. The first-order chi connectivity index (χ1) is 7.40. The first-order valence-corrected chi connectivity index (χ1v) is 6.17. The fourth-order valence-corrected chi connectivity index (χ4v) is 1.71. The molecule has 0 saturated heterocycles. The Morgan fingerprint density at radius 3 is 2.80 bits per heavy atom. The third kappa shape index (κ3) is 2.86. The number of nitrogens with one attached hydrogen (secondary N) is 1. The van der Waals surface area contributed by atoms with Crippen LogP contribution in [0.15, 0.2) is 18.2 Å². The second-order valence-corrected chi connectivity index (χ2v) is 3.95. The summed E-state index contributed by atoms with van der Waals surface area (Å²) in [5.74, 6) is 1.72. The Kier molecular flexibility index (Phi) is 3.86. The molecule has 0 saturated carbocycles. The van der Waals surface area contributed by atoms with Crippen LogP contribution in [-0.2, 0) is 6.54 Å². The van der Waals surface area contributed by atoms with Gasteiger partial charge in [0, 0.05) is 13.0 Å². The van der Waals surface area contributed by atoms with Gasteiger partial charge in [-0.2, -0.15) is 0 Å². The van der Waals surface area contributed by atoms with Gasteiger partial charge in [0.05, 0.1) is 18.7 Å². The minimum atomic E-state index is 0.738. The highest BCUT2D eigenvalue weighted by Gasteiger charge is 2.09. The molecule has 1 aliphatic heterocycles. The Balaban J connectivity index is 2.13. The summed E-state index contributed by atoms with van der Waals surface area (Å²) in [5, 5.41) is 3.21. The fourth-order valence-electron chi connectivity index (χ4n) is 1.51. The van der Waals surface area contributed by atoms with Gasteiger partial charge in [0.15, 0.2) is 11.5 Å². The van der Waals surface area contributed by atoms with Gasteiger partial charge in [-0.1, -0.05) is 22.0 Å². The molecule has 4 heteroatoms. The van der Waals surface area contributed by atoms with E-state index in [0.29, 0.717) is 0 Å². The normalized spacial score (nSPS) is 14.7. The second-order valence-electron chi connectivity index (χ2n) is 3.39. The smallest absolute Gasteiger partial charge is 0.161 e. The summed E-state index contributed by atoms with van der Waals surface area (Å²) in [6, 6.07) is 6.07. The summed E-state index contributed by atoms with van der Waals surface area (Å²) in [6.45, 7) is 2.32. The van der Waals surface area contributed by atoms with E-state index in [1.165, 1.54) is 5.56 Å². The van der Waals surface area contributed by atoms with Crippen LogP contribution in [0.3, 0.4) is 0 Å². The molecule has 0 unspecified atom stereocenters. The topological polar surface area (TPSA) is 30.5 Å². The minimum Gasteiger partial charge on any atom is -0.490 e. The molecule has 0 atom stereocenters. The van der Waals surface area contributed by atoms with Crippen LogP contribution in [0.25, 0.3) is 0 Å². The van der Waals surface area contributed by atoms with Crippen LogP contribution in [0.5, 0.6) is 11.5 Å². The number of alkyl halides is 1. The number of ether oxygens (including phenoxy) is 2. The lowest BCUT2D eigenvalue weighted by Crippen LogP contribution is -2.09. The van der Waals surface area contributed by atoms with E-state index in [2.05, 4.69) is 27.3 Å². The van der Waals surface area contributed by atoms with Gasteiger partial charge in [0.1, 0.15) is 0 Å². The van der Waals surface area contributed by atoms with Crippen LogP contribution in [0, 0.1) is 0 Å². The molecule has 3 nitrogen and oxygen atoms in total. The zero-order valence-corrected chi connectivity index (χ0v) is 10.0. The van der Waals surface area contributed by atoms with Crippen molar-refractivity contribution in [3.05, 3.63) is 23.8 Å². The number of hydrogen-bond acceptors (Lipinski definition) is 3. The lowest BCUT2D eigenvalue weighted by molar-refractivity contribution is 0.297. The first kappa shape index (κ1) is 10.8. The van der Waals surface area contributed by atoms with Crippen molar-refractivity contribution in [2.24, 2.45) is 0 Å². The van der Waals surface area contributed by atoms with Gasteiger partial charge in [-0.15, -0.1) is 0 Å². The molecule has 15 heavy (non-hydrogen) atoms. The molecular formula is C11H14BrNO2. The van der Waals surface area contributed by atoms with Crippen molar-refractivity contribution in [3.63, 3.8) is 0 Å². The Labute approximate surface area is 97.9 Å². The highest BCUT2D eigenvalue weighted by Crippen LogP contribution is 2.30. The lowest BCUT2D eigenvalue weighted by Gasteiger charge is -2.09. The maximum atomic E-state index is 5.60. The van der Waals surface area contributed by atoms with Crippen molar-refractivity contribution in [2.75, 3.05) is 18.7 Å². The Bertz CT molecular complexity index is 330. The van der Waals surface area contributed by atoms with Crippen LogP contribution >= 0.6 is 15.9 Å². The predicted molar refractivity (Wildman–Crippen MR) is 62.7 cm³/mol. The molecule has 0 spiro atoms. The van der Waals surface area contributed by atoms with Gasteiger partial charge < -0.3 is 14.8 Å². The van der Waals surface area contributed by atoms with Gasteiger partial charge in [0.2, 0.25) is 0 Å². The van der Waals surface area contributed by atoms with Gasteiger partial charge in [0.25, 0.3) is 0 Å². The van der Waals surface area contributed by atoms with Gasteiger partial charge in [-0.05, 0) is 17.7 Å². The monoisotopic (exact) mass is 271 g/mol. The third-order valence-corrected chi connectivity index (χ3v) is 2.63. The van der Waals surface area contributed by atoms with E-state index in [9.17, 15) is 0 Å². The summed E-state index contributed by atoms with van der Waals surface area (Å²) in [7, 11) is 0. The van der Waals surface area contributed by atoms with Crippen molar-refractivity contribution in [1.29, 1.82) is 0 Å². The third-order valence-electron chi connectivity index (χ3n) is 2.24. The molecular weight excluding hydrogens is 258 g/mol. The van der Waals surface area contributed by atoms with Crippen molar-refractivity contribution < 1.29 is 9.47 Å². The quantitative estimate of drug-likeness (QED) is 0.676. The summed E-state index contributed by atoms with van der Waals surface area (Å²) in [5.41, 5.74) is 2.00. The summed E-state index contributed by atoms with van der Waals surface area (Å²) < 4.78 is 11.2. The van der Waals surface area contributed by atoms with Gasteiger partial charge in [-0.3, -0.25) is 0 Å². The summed E-state index contributed by atoms with van der Waals surface area (Å²) in [6.07, 6.45) is 0.948. The van der Waals surface area contributed by atoms with Crippen molar-refractivity contribution in [1.82, 2.24) is 5.32 Å². The summed E-state index contributed by atoms with van der Waals surface area (Å²) >= 11 is 3.33. The Hall–Kier alpha value is -0.740. The van der Waals surface area contributed by atoms with Crippen LogP contribution in [0.2, 0.25) is 0 Å². The molecule has 0 bridgehead atoms. The minimum absolute atomic E-state index is 0.738. The van der Waals surface area contributed by atoms with E-state index in [4.69, 9.17) is 9.47 Å². The van der Waals surface area contributed by atoms with Crippen molar-refractivity contribution in [2.45, 2.75) is 13.0 Å². The van der Waals surface area contributed by atoms with E-state index < -0.39 is 0 Å². The van der Waals surface area contributed by atoms with E-state index in [1.54, 1.807) is 0 Å². The first-order valence-electron chi connectivity index (χ1n) is 5.05. The standard InChI is InChI=1S/C11H14BrNO2/c12-8-13-7-9-2-3-10-11(6-9)15-5-1-4-14-10/h2-3,6,13H,1,4-5,7-8H2. The number of fused-ring (bicyclic) bond motifs is 1. The van der Waals surface area contributed by atoms with Crippen LogP contribution < -0.4 is 14.8 Å². The van der Waals surface area contributed by atoms with E-state index in [0.717, 1.165) is 43.1 Å². The van der Waals surface area contributed by atoms with Gasteiger partial charge in [-0.25, -0.2) is 0 Å². The molecule has 1 heterocycles. The zero-order chi connectivity index (χ0) is 10.5. The molecule has 1 N–H and O–H groups in total. The molecule has 0 aromatic heterocycles. The molecule has 2 rings (SSSR count). The van der Waals surface area contributed by atoms with Crippen LogP contribution in [0.4, 0.5) is 0 Å². The molecule has 1 aliphatic rings.